The van der Waals surface area contributed by atoms with Crippen LogP contribution in [0, 0.1) is 0 Å². The first kappa shape index (κ1) is 29.2. The van der Waals surface area contributed by atoms with Gasteiger partial charge in [-0.3, -0.25) is 4.79 Å². The third kappa shape index (κ3) is 8.85. The van der Waals surface area contributed by atoms with Crippen LogP contribution in [0.1, 0.15) is 28.9 Å². The number of anilines is 2. The van der Waals surface area contributed by atoms with Crippen LogP contribution in [-0.2, 0) is 11.2 Å². The number of carbonyl (C=O) groups excluding carboxylic acids is 1. The van der Waals surface area contributed by atoms with E-state index >= 15 is 0 Å². The molecule has 1 amide bonds. The van der Waals surface area contributed by atoms with Crippen LogP contribution in [0.15, 0.2) is 72.8 Å². The molecule has 184 valence electrons. The topological polar surface area (TPSA) is 114 Å². The molecule has 0 aromatic heterocycles. The number of hydrogen-bond acceptors (Lipinski definition) is 6. The lowest BCUT2D eigenvalue weighted by molar-refractivity contribution is -0.105. The van der Waals surface area contributed by atoms with E-state index in [2.05, 4.69) is 16.0 Å². The Labute approximate surface area is 212 Å². The number of benzene rings is 3. The Kier molecular flexibility index (Phi) is 13.0. The van der Waals surface area contributed by atoms with Crippen LogP contribution in [0.4, 0.5) is 11.4 Å². The van der Waals surface area contributed by atoms with Crippen molar-refractivity contribution in [2.75, 3.05) is 30.3 Å². The lowest BCUT2D eigenvalue weighted by Gasteiger charge is -2.15. The lowest BCUT2D eigenvalue weighted by atomic mass is 10.1. The molecule has 0 radical (unpaired) electrons. The molecule has 0 aliphatic rings. The minimum absolute atomic E-state index is 0. The molecule has 3 rings (SSSR count). The summed E-state index contributed by atoms with van der Waals surface area (Å²) in [6.07, 6.45) is -0.0427. The predicted molar refractivity (Wildman–Crippen MR) is 140 cm³/mol. The van der Waals surface area contributed by atoms with Gasteiger partial charge in [0.1, 0.15) is 5.75 Å². The van der Waals surface area contributed by atoms with E-state index in [-0.39, 0.29) is 36.3 Å². The first-order valence-electron chi connectivity index (χ1n) is 10.5. The predicted octanol–water partition coefficient (Wildman–Crippen LogP) is 3.82. The van der Waals surface area contributed by atoms with Gasteiger partial charge in [-0.25, -0.2) is 0 Å². The maximum Gasteiger partial charge on any atom is 0.211 e. The van der Waals surface area contributed by atoms with Crippen molar-refractivity contribution in [2.24, 2.45) is 0 Å². The highest BCUT2D eigenvalue weighted by atomic mass is 35.5. The van der Waals surface area contributed by atoms with Gasteiger partial charge in [-0.2, -0.15) is 0 Å². The van der Waals surface area contributed by atoms with Crippen LogP contribution in [0.5, 0.6) is 5.75 Å². The Morgan fingerprint density at radius 1 is 0.824 bits per heavy atom. The number of rotatable bonds is 12. The molecule has 0 saturated heterocycles. The van der Waals surface area contributed by atoms with Gasteiger partial charge in [0.15, 0.2) is 0 Å². The number of aliphatic hydroxyl groups is 2. The molecule has 0 fully saturated rings. The summed E-state index contributed by atoms with van der Waals surface area (Å²) in [6.45, 7) is 1.47. The Hall–Kier alpha value is -2.81. The maximum atomic E-state index is 10.6. The van der Waals surface area contributed by atoms with Crippen molar-refractivity contribution in [1.82, 2.24) is 5.32 Å². The highest BCUT2D eigenvalue weighted by molar-refractivity contribution is 5.85. The smallest absolute Gasteiger partial charge is 0.211 e. The van der Waals surface area contributed by atoms with Crippen LogP contribution in [0.25, 0.3) is 0 Å². The molecule has 3 aromatic rings. The Morgan fingerprint density at radius 3 is 2.18 bits per heavy atom. The fourth-order valence-corrected chi connectivity index (χ4v) is 3.33. The van der Waals surface area contributed by atoms with E-state index < -0.39 is 12.2 Å². The van der Waals surface area contributed by atoms with Gasteiger partial charge in [0, 0.05) is 18.8 Å². The molecule has 7 nitrogen and oxygen atoms in total. The molecular weight excluding hydrogens is 477 g/mol. The maximum absolute atomic E-state index is 10.6. The molecule has 3 aromatic carbocycles. The fraction of sp³-hybridized carbons (Fsp3) is 0.240. The van der Waals surface area contributed by atoms with Crippen LogP contribution in [0.3, 0.4) is 0 Å². The molecule has 0 heterocycles. The average molecular weight is 508 g/mol. The van der Waals surface area contributed by atoms with Crippen LogP contribution in [-0.4, -0.2) is 41.4 Å². The summed E-state index contributed by atoms with van der Waals surface area (Å²) >= 11 is 0. The number of hydrogen-bond donors (Lipinski definition) is 6. The van der Waals surface area contributed by atoms with E-state index in [1.165, 1.54) is 6.07 Å². The quantitative estimate of drug-likeness (QED) is 0.126. The molecule has 6 N–H and O–H groups in total. The van der Waals surface area contributed by atoms with Crippen molar-refractivity contribution in [2.45, 2.75) is 18.6 Å². The molecular formula is C25H31Cl2N3O4. The minimum Gasteiger partial charge on any atom is -0.506 e. The zero-order chi connectivity index (χ0) is 22.8. The van der Waals surface area contributed by atoms with Crippen molar-refractivity contribution < 1.29 is 20.1 Å². The number of amides is 1. The second-order valence-electron chi connectivity index (χ2n) is 7.51. The zero-order valence-corrected chi connectivity index (χ0v) is 20.2. The molecule has 0 spiro atoms. The highest BCUT2D eigenvalue weighted by Gasteiger charge is 2.10. The fourth-order valence-electron chi connectivity index (χ4n) is 3.33. The third-order valence-corrected chi connectivity index (χ3v) is 5.19. The summed E-state index contributed by atoms with van der Waals surface area (Å²) in [5, 5.41) is 39.1. The van der Waals surface area contributed by atoms with Crippen LogP contribution >= 0.6 is 24.8 Å². The molecule has 2 unspecified atom stereocenters. The Morgan fingerprint density at radius 2 is 1.50 bits per heavy atom. The lowest BCUT2D eigenvalue weighted by Crippen LogP contribution is -2.23. The van der Waals surface area contributed by atoms with E-state index in [0.29, 0.717) is 31.6 Å². The highest BCUT2D eigenvalue weighted by Crippen LogP contribution is 2.26. The minimum atomic E-state index is -0.759. The third-order valence-electron chi connectivity index (χ3n) is 5.19. The molecule has 9 heteroatoms. The number of phenols is 1. The average Bonchev–Trinajstić information content (AvgIpc) is 2.83. The van der Waals surface area contributed by atoms with Gasteiger partial charge >= 0.3 is 0 Å². The zero-order valence-electron chi connectivity index (χ0n) is 18.6. The summed E-state index contributed by atoms with van der Waals surface area (Å²) in [6, 6.07) is 22.2. The number of carbonyl (C=O) groups is 1. The first-order chi connectivity index (χ1) is 15.6. The second-order valence-corrected chi connectivity index (χ2v) is 7.51. The van der Waals surface area contributed by atoms with Crippen molar-refractivity contribution >= 4 is 42.6 Å². The monoisotopic (exact) mass is 507 g/mol. The Balaban J connectivity index is 0.00000289. The number of phenolic OH excluding ortho intramolecular Hbond substituents is 1. The standard InChI is InChI=1S/C25H29N3O4.2ClH/c29-17-28-22-14-20(8-11-23(22)30)24(31)15-26-13-12-18-6-9-21(10-7-18)27-16-25(32)19-4-2-1-3-5-19;;/h1-11,14,17,24-27,30-32H,12-13,15-16H2,(H,28,29);2*1H. The summed E-state index contributed by atoms with van der Waals surface area (Å²) in [7, 11) is 0. The van der Waals surface area contributed by atoms with Gasteiger partial charge in [0.05, 0.1) is 17.9 Å². The van der Waals surface area contributed by atoms with Crippen molar-refractivity contribution in [1.29, 1.82) is 0 Å². The van der Waals surface area contributed by atoms with Gasteiger partial charge in [-0.1, -0.05) is 48.5 Å². The summed E-state index contributed by atoms with van der Waals surface area (Å²) in [5.41, 5.74) is 3.85. The van der Waals surface area contributed by atoms with Crippen molar-refractivity contribution in [3.05, 3.63) is 89.5 Å². The summed E-state index contributed by atoms with van der Waals surface area (Å²) in [4.78, 5) is 10.6. The molecule has 0 saturated carbocycles. The number of aromatic hydroxyl groups is 1. The normalized spacial score (nSPS) is 11.9. The molecule has 0 bridgehead atoms. The van der Waals surface area contributed by atoms with E-state index in [9.17, 15) is 20.1 Å². The molecule has 34 heavy (non-hydrogen) atoms. The molecule has 0 aliphatic heterocycles. The van der Waals surface area contributed by atoms with Gasteiger partial charge in [0.25, 0.3) is 0 Å². The van der Waals surface area contributed by atoms with E-state index in [0.717, 1.165) is 23.2 Å². The summed E-state index contributed by atoms with van der Waals surface area (Å²) < 4.78 is 0. The number of nitrogens with one attached hydrogen (secondary N) is 3. The Bertz CT molecular complexity index is 991. The van der Waals surface area contributed by atoms with Gasteiger partial charge in [0.2, 0.25) is 6.41 Å². The largest absolute Gasteiger partial charge is 0.506 e. The molecule has 0 aliphatic carbocycles. The van der Waals surface area contributed by atoms with Crippen LogP contribution in [0.2, 0.25) is 0 Å². The van der Waals surface area contributed by atoms with Crippen molar-refractivity contribution in [3.63, 3.8) is 0 Å². The SMILES string of the molecule is Cl.Cl.O=CNc1cc(C(O)CNCCc2ccc(NCC(O)c3ccccc3)cc2)ccc1O. The van der Waals surface area contributed by atoms with Crippen LogP contribution < -0.4 is 16.0 Å². The number of halogens is 2. The van der Waals surface area contributed by atoms with E-state index in [1.807, 2.05) is 54.6 Å². The van der Waals surface area contributed by atoms with E-state index in [1.54, 1.807) is 12.1 Å². The molecule has 2 atom stereocenters. The first-order valence-corrected chi connectivity index (χ1v) is 10.5. The van der Waals surface area contributed by atoms with E-state index in [4.69, 9.17) is 0 Å². The van der Waals surface area contributed by atoms with Gasteiger partial charge in [-0.05, 0) is 53.9 Å². The van der Waals surface area contributed by atoms with Gasteiger partial charge in [-0.15, -0.1) is 24.8 Å². The van der Waals surface area contributed by atoms with Crippen molar-refractivity contribution in [3.8, 4) is 5.75 Å². The summed E-state index contributed by atoms with van der Waals surface area (Å²) in [5.74, 6) is -0.0477. The number of aliphatic hydroxyl groups excluding tert-OH is 2. The van der Waals surface area contributed by atoms with Gasteiger partial charge < -0.3 is 31.3 Å². The second kappa shape index (κ2) is 15.2.